The summed E-state index contributed by atoms with van der Waals surface area (Å²) in [6.45, 7) is 1.47. The number of hydrogen-bond acceptors (Lipinski definition) is 3. The summed E-state index contributed by atoms with van der Waals surface area (Å²) in [4.78, 5) is 19.6. The molecule has 2 heterocycles. The van der Waals surface area contributed by atoms with Crippen LogP contribution in [-0.4, -0.2) is 42.0 Å². The number of para-hydroxylation sites is 1. The van der Waals surface area contributed by atoms with Crippen molar-refractivity contribution in [1.29, 1.82) is 0 Å². The Morgan fingerprint density at radius 3 is 2.28 bits per heavy atom. The Morgan fingerprint density at radius 1 is 1.00 bits per heavy atom. The van der Waals surface area contributed by atoms with Crippen molar-refractivity contribution in [1.82, 2.24) is 9.88 Å². The van der Waals surface area contributed by atoms with Gasteiger partial charge in [-0.3, -0.25) is 9.78 Å². The summed E-state index contributed by atoms with van der Waals surface area (Å²) in [5, 5.41) is 0. The number of nitrogens with zero attached hydrogens (tertiary/aromatic N) is 3. The van der Waals surface area contributed by atoms with Gasteiger partial charge in [0.05, 0.1) is 11.1 Å². The highest BCUT2D eigenvalue weighted by Crippen LogP contribution is 2.36. The summed E-state index contributed by atoms with van der Waals surface area (Å²) >= 11 is 0. The van der Waals surface area contributed by atoms with Crippen LogP contribution in [0.2, 0.25) is 0 Å². The molecule has 0 radical (unpaired) electrons. The molecular formula is C17H17ClF3N3O. The van der Waals surface area contributed by atoms with Crippen molar-refractivity contribution < 1.29 is 18.0 Å². The molecule has 8 heteroatoms. The Morgan fingerprint density at radius 2 is 1.68 bits per heavy atom. The molecule has 1 aliphatic heterocycles. The maximum atomic E-state index is 13.1. The van der Waals surface area contributed by atoms with Gasteiger partial charge in [0, 0.05) is 44.3 Å². The van der Waals surface area contributed by atoms with Crippen LogP contribution in [0.3, 0.4) is 0 Å². The van der Waals surface area contributed by atoms with E-state index in [1.54, 1.807) is 34.2 Å². The molecule has 0 N–H and O–H groups in total. The van der Waals surface area contributed by atoms with Gasteiger partial charge in [0.1, 0.15) is 0 Å². The second kappa shape index (κ2) is 7.74. The van der Waals surface area contributed by atoms with E-state index in [1.165, 1.54) is 18.3 Å². The molecule has 3 rings (SSSR count). The van der Waals surface area contributed by atoms with Crippen molar-refractivity contribution >= 4 is 24.0 Å². The first-order chi connectivity index (χ1) is 11.5. The molecule has 1 fully saturated rings. The van der Waals surface area contributed by atoms with Crippen LogP contribution in [0, 0.1) is 0 Å². The SMILES string of the molecule is Cl.O=C(c1cccnc1)N1CCN(c2ccccc2C(F)(F)F)CC1. The molecular weight excluding hydrogens is 355 g/mol. The molecule has 1 amide bonds. The van der Waals surface area contributed by atoms with Gasteiger partial charge in [-0.2, -0.15) is 13.2 Å². The highest BCUT2D eigenvalue weighted by molar-refractivity contribution is 5.94. The standard InChI is InChI=1S/C17H16F3N3O.ClH/c18-17(19,20)14-5-1-2-6-15(14)22-8-10-23(11-9-22)16(24)13-4-3-7-21-12-13;/h1-7,12H,8-11H2;1H. The number of rotatable bonds is 2. The third-order valence-electron chi connectivity index (χ3n) is 4.03. The largest absolute Gasteiger partial charge is 0.418 e. The van der Waals surface area contributed by atoms with Gasteiger partial charge in [0.15, 0.2) is 0 Å². The predicted octanol–water partition coefficient (Wildman–Crippen LogP) is 3.48. The Bertz CT molecular complexity index is 717. The van der Waals surface area contributed by atoms with Crippen LogP contribution >= 0.6 is 12.4 Å². The average molecular weight is 372 g/mol. The van der Waals surface area contributed by atoms with Crippen LogP contribution < -0.4 is 4.90 Å². The van der Waals surface area contributed by atoms with Gasteiger partial charge in [0.2, 0.25) is 0 Å². The molecule has 0 atom stereocenters. The topological polar surface area (TPSA) is 36.4 Å². The number of amides is 1. The minimum atomic E-state index is -4.39. The summed E-state index contributed by atoms with van der Waals surface area (Å²) in [6, 6.07) is 8.90. The Labute approximate surface area is 149 Å². The molecule has 0 bridgehead atoms. The van der Waals surface area contributed by atoms with E-state index in [0.29, 0.717) is 31.7 Å². The molecule has 0 spiro atoms. The zero-order valence-corrected chi connectivity index (χ0v) is 14.1. The van der Waals surface area contributed by atoms with E-state index in [1.807, 2.05) is 0 Å². The van der Waals surface area contributed by atoms with Gasteiger partial charge < -0.3 is 9.80 Å². The summed E-state index contributed by atoms with van der Waals surface area (Å²) in [5.41, 5.74) is 0.0113. The fourth-order valence-corrected chi connectivity index (χ4v) is 2.81. The van der Waals surface area contributed by atoms with Crippen LogP contribution in [0.25, 0.3) is 0 Å². The summed E-state index contributed by atoms with van der Waals surface area (Å²) in [7, 11) is 0. The van der Waals surface area contributed by atoms with Crippen LogP contribution in [0.4, 0.5) is 18.9 Å². The number of anilines is 1. The molecule has 0 saturated carbocycles. The molecule has 4 nitrogen and oxygen atoms in total. The normalized spacial score (nSPS) is 14.8. The number of halogens is 4. The summed E-state index contributed by atoms with van der Waals surface area (Å²) < 4.78 is 39.4. The second-order valence-corrected chi connectivity index (χ2v) is 5.54. The van der Waals surface area contributed by atoms with Gasteiger partial charge in [-0.15, -0.1) is 12.4 Å². The van der Waals surface area contributed by atoms with Crippen LogP contribution in [0.5, 0.6) is 0 Å². The number of carbonyl (C=O) groups excluding carboxylic acids is 1. The van der Waals surface area contributed by atoms with Crippen LogP contribution in [-0.2, 0) is 6.18 Å². The first-order valence-electron chi connectivity index (χ1n) is 7.57. The molecule has 2 aromatic rings. The fourth-order valence-electron chi connectivity index (χ4n) is 2.81. The van der Waals surface area contributed by atoms with E-state index in [-0.39, 0.29) is 24.0 Å². The van der Waals surface area contributed by atoms with Crippen LogP contribution in [0.15, 0.2) is 48.8 Å². The lowest BCUT2D eigenvalue weighted by Gasteiger charge is -2.37. The smallest absolute Gasteiger partial charge is 0.367 e. The van der Waals surface area contributed by atoms with Gasteiger partial charge in [0.25, 0.3) is 5.91 Å². The maximum absolute atomic E-state index is 13.1. The van der Waals surface area contributed by atoms with E-state index >= 15 is 0 Å². The molecule has 25 heavy (non-hydrogen) atoms. The van der Waals surface area contributed by atoms with Crippen LogP contribution in [0.1, 0.15) is 15.9 Å². The molecule has 1 saturated heterocycles. The lowest BCUT2D eigenvalue weighted by Crippen LogP contribution is -2.49. The van der Waals surface area contributed by atoms with E-state index in [4.69, 9.17) is 0 Å². The number of hydrogen-bond donors (Lipinski definition) is 0. The summed E-state index contributed by atoms with van der Waals surface area (Å²) in [5.74, 6) is -0.146. The van der Waals surface area contributed by atoms with Gasteiger partial charge in [-0.25, -0.2) is 0 Å². The van der Waals surface area contributed by atoms with Crippen molar-refractivity contribution in [3.63, 3.8) is 0 Å². The van der Waals surface area contributed by atoms with E-state index < -0.39 is 11.7 Å². The predicted molar refractivity (Wildman–Crippen MR) is 91.0 cm³/mol. The lowest BCUT2D eigenvalue weighted by molar-refractivity contribution is -0.137. The third kappa shape index (κ3) is 4.22. The molecule has 1 aliphatic rings. The van der Waals surface area contributed by atoms with Gasteiger partial charge in [-0.1, -0.05) is 12.1 Å². The van der Waals surface area contributed by atoms with E-state index in [9.17, 15) is 18.0 Å². The molecule has 0 aliphatic carbocycles. The first-order valence-corrected chi connectivity index (χ1v) is 7.57. The van der Waals surface area contributed by atoms with Crippen molar-refractivity contribution in [2.75, 3.05) is 31.1 Å². The Kier molecular flexibility index (Phi) is 5.89. The minimum absolute atomic E-state index is 0. The second-order valence-electron chi connectivity index (χ2n) is 5.54. The zero-order valence-electron chi connectivity index (χ0n) is 13.2. The highest BCUT2D eigenvalue weighted by Gasteiger charge is 2.35. The highest BCUT2D eigenvalue weighted by atomic mass is 35.5. The molecule has 1 aromatic heterocycles. The quantitative estimate of drug-likeness (QED) is 0.811. The average Bonchev–Trinajstić information content (AvgIpc) is 2.61. The third-order valence-corrected chi connectivity index (χ3v) is 4.03. The molecule has 134 valence electrons. The number of benzene rings is 1. The Hall–Kier alpha value is -2.28. The van der Waals surface area contributed by atoms with Crippen molar-refractivity contribution in [3.05, 3.63) is 59.9 Å². The lowest BCUT2D eigenvalue weighted by atomic mass is 10.1. The summed E-state index contributed by atoms with van der Waals surface area (Å²) in [6.07, 6.45) is -1.31. The number of carbonyl (C=O) groups is 1. The van der Waals surface area contributed by atoms with Crippen molar-refractivity contribution in [3.8, 4) is 0 Å². The number of pyridine rings is 1. The maximum Gasteiger partial charge on any atom is 0.418 e. The molecule has 0 unspecified atom stereocenters. The number of aromatic nitrogens is 1. The Balaban J connectivity index is 0.00000225. The zero-order chi connectivity index (χ0) is 17.2. The van der Waals surface area contributed by atoms with E-state index in [2.05, 4.69) is 4.98 Å². The van der Waals surface area contributed by atoms with E-state index in [0.717, 1.165) is 6.07 Å². The van der Waals surface area contributed by atoms with Gasteiger partial charge >= 0.3 is 6.18 Å². The monoisotopic (exact) mass is 371 g/mol. The molecule has 1 aromatic carbocycles. The number of alkyl halides is 3. The number of piperazine rings is 1. The minimum Gasteiger partial charge on any atom is -0.367 e. The van der Waals surface area contributed by atoms with Crippen molar-refractivity contribution in [2.24, 2.45) is 0 Å². The first kappa shape index (κ1) is 19.1. The fraction of sp³-hybridized carbons (Fsp3) is 0.294. The van der Waals surface area contributed by atoms with Gasteiger partial charge in [-0.05, 0) is 24.3 Å². The van der Waals surface area contributed by atoms with Crippen molar-refractivity contribution in [2.45, 2.75) is 6.18 Å².